The van der Waals surface area contributed by atoms with E-state index in [4.69, 9.17) is 4.74 Å². The maximum Gasteiger partial charge on any atom is 0.345 e. The van der Waals surface area contributed by atoms with Crippen LogP contribution in [-0.2, 0) is 4.74 Å². The zero-order valence-electron chi connectivity index (χ0n) is 9.23. The molecule has 0 aromatic heterocycles. The minimum atomic E-state index is -0.633. The van der Waals surface area contributed by atoms with Crippen molar-refractivity contribution in [3.8, 4) is 0 Å². The minimum absolute atomic E-state index is 0.0425. The SMILES string of the molecule is CCCOC(=O)c1c(C)cccc1[N+](=O)[O-]. The van der Waals surface area contributed by atoms with E-state index in [9.17, 15) is 14.9 Å². The van der Waals surface area contributed by atoms with Crippen LogP contribution in [0.3, 0.4) is 0 Å². The molecule has 1 aromatic carbocycles. The van der Waals surface area contributed by atoms with Crippen molar-refractivity contribution >= 4 is 11.7 Å². The molecular formula is C11H13NO4. The predicted octanol–water partition coefficient (Wildman–Crippen LogP) is 2.47. The van der Waals surface area contributed by atoms with Crippen LogP contribution in [0.1, 0.15) is 29.3 Å². The van der Waals surface area contributed by atoms with Gasteiger partial charge in [-0.25, -0.2) is 4.79 Å². The summed E-state index contributed by atoms with van der Waals surface area (Å²) in [4.78, 5) is 21.8. The zero-order chi connectivity index (χ0) is 12.1. The normalized spacial score (nSPS) is 9.88. The lowest BCUT2D eigenvalue weighted by Gasteiger charge is -2.06. The number of carbonyl (C=O) groups excluding carboxylic acids is 1. The van der Waals surface area contributed by atoms with Gasteiger partial charge in [0.1, 0.15) is 5.56 Å². The maximum absolute atomic E-state index is 11.6. The average molecular weight is 223 g/mol. The topological polar surface area (TPSA) is 69.4 Å². The number of hydrogen-bond donors (Lipinski definition) is 0. The fourth-order valence-electron chi connectivity index (χ4n) is 1.34. The highest BCUT2D eigenvalue weighted by atomic mass is 16.6. The van der Waals surface area contributed by atoms with Gasteiger partial charge in [-0.2, -0.15) is 0 Å². The molecule has 5 nitrogen and oxygen atoms in total. The molecule has 0 N–H and O–H groups in total. The zero-order valence-corrected chi connectivity index (χ0v) is 9.23. The Kier molecular flexibility index (Phi) is 3.99. The maximum atomic E-state index is 11.6. The van der Waals surface area contributed by atoms with Crippen LogP contribution >= 0.6 is 0 Å². The monoisotopic (exact) mass is 223 g/mol. The number of ether oxygens (including phenoxy) is 1. The third-order valence-corrected chi connectivity index (χ3v) is 2.09. The summed E-state index contributed by atoms with van der Waals surface area (Å²) in [5.41, 5.74) is 0.386. The van der Waals surface area contributed by atoms with E-state index in [1.54, 1.807) is 19.1 Å². The Bertz CT molecular complexity index is 414. The van der Waals surface area contributed by atoms with Gasteiger partial charge in [0.15, 0.2) is 0 Å². The molecule has 16 heavy (non-hydrogen) atoms. The highest BCUT2D eigenvalue weighted by Crippen LogP contribution is 2.22. The quantitative estimate of drug-likeness (QED) is 0.446. The fraction of sp³-hybridized carbons (Fsp3) is 0.364. The van der Waals surface area contributed by atoms with Gasteiger partial charge in [0.05, 0.1) is 11.5 Å². The number of nitro benzene ring substituents is 1. The van der Waals surface area contributed by atoms with Crippen LogP contribution in [0.15, 0.2) is 18.2 Å². The van der Waals surface area contributed by atoms with Crippen LogP contribution in [0.5, 0.6) is 0 Å². The van der Waals surface area contributed by atoms with E-state index in [0.717, 1.165) is 0 Å². The molecule has 0 unspecified atom stereocenters. The predicted molar refractivity (Wildman–Crippen MR) is 58.4 cm³/mol. The first-order chi connectivity index (χ1) is 7.57. The number of esters is 1. The second kappa shape index (κ2) is 5.25. The first kappa shape index (κ1) is 12.2. The Morgan fingerprint density at radius 2 is 2.19 bits per heavy atom. The standard InChI is InChI=1S/C11H13NO4/c1-3-7-16-11(13)10-8(2)5-4-6-9(10)12(14)15/h4-6H,3,7H2,1-2H3. The van der Waals surface area contributed by atoms with Crippen molar-refractivity contribution in [3.05, 3.63) is 39.4 Å². The summed E-state index contributed by atoms with van der Waals surface area (Å²) in [6, 6.07) is 4.50. The van der Waals surface area contributed by atoms with Crippen molar-refractivity contribution in [1.29, 1.82) is 0 Å². The average Bonchev–Trinajstić information content (AvgIpc) is 2.25. The Hall–Kier alpha value is -1.91. The van der Waals surface area contributed by atoms with E-state index in [2.05, 4.69) is 0 Å². The molecule has 0 spiro atoms. The lowest BCUT2D eigenvalue weighted by molar-refractivity contribution is -0.385. The number of nitro groups is 1. The highest BCUT2D eigenvalue weighted by Gasteiger charge is 2.22. The summed E-state index contributed by atoms with van der Waals surface area (Å²) < 4.78 is 4.91. The molecule has 0 aliphatic carbocycles. The van der Waals surface area contributed by atoms with Crippen molar-refractivity contribution < 1.29 is 14.5 Å². The second-order valence-electron chi connectivity index (χ2n) is 3.36. The number of aryl methyl sites for hydroxylation is 1. The highest BCUT2D eigenvalue weighted by molar-refractivity contribution is 5.95. The molecule has 86 valence electrons. The smallest absolute Gasteiger partial charge is 0.345 e. The Morgan fingerprint density at radius 1 is 1.50 bits per heavy atom. The van der Waals surface area contributed by atoms with Crippen LogP contribution < -0.4 is 0 Å². The number of rotatable bonds is 4. The van der Waals surface area contributed by atoms with Crippen molar-refractivity contribution in [1.82, 2.24) is 0 Å². The van der Waals surface area contributed by atoms with Gasteiger partial charge in [-0.15, -0.1) is 0 Å². The summed E-state index contributed by atoms with van der Waals surface area (Å²) in [6.45, 7) is 3.78. The van der Waals surface area contributed by atoms with Crippen LogP contribution in [0.4, 0.5) is 5.69 Å². The molecule has 0 heterocycles. The first-order valence-corrected chi connectivity index (χ1v) is 4.99. The van der Waals surface area contributed by atoms with Crippen LogP contribution in [0.2, 0.25) is 0 Å². The summed E-state index contributed by atoms with van der Waals surface area (Å²) in [5, 5.41) is 10.8. The Balaban J connectivity index is 3.10. The van der Waals surface area contributed by atoms with Gasteiger partial charge in [-0.3, -0.25) is 10.1 Å². The number of hydrogen-bond acceptors (Lipinski definition) is 4. The van der Waals surface area contributed by atoms with Crippen LogP contribution in [0.25, 0.3) is 0 Å². The second-order valence-corrected chi connectivity index (χ2v) is 3.36. The van der Waals surface area contributed by atoms with Gasteiger partial charge in [0, 0.05) is 6.07 Å². The van der Waals surface area contributed by atoms with Gasteiger partial charge in [-0.1, -0.05) is 19.1 Å². The van der Waals surface area contributed by atoms with E-state index in [1.165, 1.54) is 6.07 Å². The molecule has 0 saturated heterocycles. The van der Waals surface area contributed by atoms with Crippen molar-refractivity contribution in [2.45, 2.75) is 20.3 Å². The van der Waals surface area contributed by atoms with Gasteiger partial charge in [0.25, 0.3) is 5.69 Å². The van der Waals surface area contributed by atoms with Gasteiger partial charge in [-0.05, 0) is 18.9 Å². The Labute approximate surface area is 93.2 Å². The number of nitrogens with zero attached hydrogens (tertiary/aromatic N) is 1. The first-order valence-electron chi connectivity index (χ1n) is 4.99. The molecule has 0 saturated carbocycles. The molecule has 0 radical (unpaired) electrons. The molecule has 0 bridgehead atoms. The third-order valence-electron chi connectivity index (χ3n) is 2.09. The fourth-order valence-corrected chi connectivity index (χ4v) is 1.34. The molecule has 1 aromatic rings. The summed E-state index contributed by atoms with van der Waals surface area (Å²) in [6.07, 6.45) is 0.686. The molecule has 0 aliphatic rings. The van der Waals surface area contributed by atoms with Crippen LogP contribution in [0, 0.1) is 17.0 Å². The minimum Gasteiger partial charge on any atom is -0.462 e. The van der Waals surface area contributed by atoms with Crippen molar-refractivity contribution in [3.63, 3.8) is 0 Å². The number of benzene rings is 1. The molecule has 0 aliphatic heterocycles. The van der Waals surface area contributed by atoms with E-state index in [1.807, 2.05) is 6.92 Å². The van der Waals surface area contributed by atoms with E-state index in [0.29, 0.717) is 12.0 Å². The summed E-state index contributed by atoms with van der Waals surface area (Å²) in [5.74, 6) is -0.633. The molecule has 0 fully saturated rings. The Morgan fingerprint density at radius 3 is 2.75 bits per heavy atom. The largest absolute Gasteiger partial charge is 0.462 e. The van der Waals surface area contributed by atoms with E-state index in [-0.39, 0.29) is 17.9 Å². The van der Waals surface area contributed by atoms with Crippen LogP contribution in [-0.4, -0.2) is 17.5 Å². The molecule has 0 atom stereocenters. The lowest BCUT2D eigenvalue weighted by Crippen LogP contribution is -2.10. The summed E-state index contributed by atoms with van der Waals surface area (Å²) in [7, 11) is 0. The molecular weight excluding hydrogens is 210 g/mol. The van der Waals surface area contributed by atoms with E-state index >= 15 is 0 Å². The number of carbonyl (C=O) groups is 1. The van der Waals surface area contributed by atoms with Crippen molar-refractivity contribution in [2.75, 3.05) is 6.61 Å². The summed E-state index contributed by atoms with van der Waals surface area (Å²) >= 11 is 0. The molecule has 5 heteroatoms. The van der Waals surface area contributed by atoms with Crippen molar-refractivity contribution in [2.24, 2.45) is 0 Å². The lowest BCUT2D eigenvalue weighted by atomic mass is 10.1. The molecule has 1 rings (SSSR count). The third kappa shape index (κ3) is 2.56. The molecule has 0 amide bonds. The van der Waals surface area contributed by atoms with E-state index < -0.39 is 10.9 Å². The van der Waals surface area contributed by atoms with Gasteiger partial charge < -0.3 is 4.74 Å². The van der Waals surface area contributed by atoms with Gasteiger partial charge >= 0.3 is 5.97 Å². The van der Waals surface area contributed by atoms with Gasteiger partial charge in [0.2, 0.25) is 0 Å².